The van der Waals surface area contributed by atoms with Crippen LogP contribution in [0.5, 0.6) is 0 Å². The molecule has 12 heavy (non-hydrogen) atoms. The molecule has 1 aliphatic rings. The molecule has 0 spiro atoms. The van der Waals surface area contributed by atoms with Gasteiger partial charge in [0.25, 0.3) is 0 Å². The Morgan fingerprint density at radius 2 is 2.08 bits per heavy atom. The van der Waals surface area contributed by atoms with Crippen molar-refractivity contribution >= 4 is 6.34 Å². The van der Waals surface area contributed by atoms with Crippen molar-refractivity contribution in [3.8, 4) is 0 Å². The maximum Gasteiger partial charge on any atom is 1.00 e. The summed E-state index contributed by atoms with van der Waals surface area (Å²) in [6.45, 7) is 6.32. The molecule has 0 saturated carbocycles. The first kappa shape index (κ1) is 12.8. The van der Waals surface area contributed by atoms with Crippen LogP contribution in [0.1, 0.15) is 20.8 Å². The van der Waals surface area contributed by atoms with Gasteiger partial charge >= 0.3 is 51.4 Å². The van der Waals surface area contributed by atoms with E-state index in [-0.39, 0.29) is 63.0 Å². The molecule has 0 aliphatic carbocycles. The van der Waals surface area contributed by atoms with Gasteiger partial charge in [-0.2, -0.15) is 0 Å². The monoisotopic (exact) mass is 191 g/mol. The summed E-state index contributed by atoms with van der Waals surface area (Å²) >= 11 is 0. The van der Waals surface area contributed by atoms with Crippen LogP contribution >= 0.6 is 0 Å². The Balaban J connectivity index is 0.00000121. The van der Waals surface area contributed by atoms with E-state index in [0.29, 0.717) is 0 Å². The van der Waals surface area contributed by atoms with Gasteiger partial charge in [-0.25, -0.2) is 0 Å². The van der Waals surface area contributed by atoms with Crippen LogP contribution in [0, 0.1) is 5.41 Å². The van der Waals surface area contributed by atoms with Gasteiger partial charge in [0.15, 0.2) is 0 Å². The summed E-state index contributed by atoms with van der Waals surface area (Å²) < 4.78 is 0. The zero-order valence-corrected chi connectivity index (χ0v) is 11.3. The topological polar surface area (TPSA) is 52.5 Å². The van der Waals surface area contributed by atoms with Crippen LogP contribution in [0.2, 0.25) is 0 Å². The minimum Gasteiger partial charge on any atom is -0.453 e. The Labute approximate surface area is 116 Å². The molecule has 1 heterocycles. The first-order valence-electron chi connectivity index (χ1n) is 3.70. The third-order valence-corrected chi connectivity index (χ3v) is 1.53. The zero-order valence-electron chi connectivity index (χ0n) is 8.20. The van der Waals surface area contributed by atoms with Crippen LogP contribution in [-0.2, 0) is 0 Å². The molecule has 1 aliphatic heterocycles. The average Bonchev–Trinajstić information content (AvgIpc) is 1.86. The fourth-order valence-corrected chi connectivity index (χ4v) is 0.864. The van der Waals surface area contributed by atoms with Gasteiger partial charge in [-0.3, -0.25) is 0 Å². The van der Waals surface area contributed by atoms with Gasteiger partial charge in [0, 0.05) is 6.17 Å². The van der Waals surface area contributed by atoms with Gasteiger partial charge in [0.2, 0.25) is 0 Å². The second-order valence-electron chi connectivity index (χ2n) is 3.69. The van der Waals surface area contributed by atoms with E-state index in [1.54, 1.807) is 0 Å². The predicted molar refractivity (Wildman–Crippen MR) is 47.4 cm³/mol. The first-order valence-corrected chi connectivity index (χ1v) is 3.70. The quantitative estimate of drug-likeness (QED) is 0.472. The van der Waals surface area contributed by atoms with Crippen molar-refractivity contribution in [2.75, 3.05) is 0 Å². The van der Waals surface area contributed by atoms with Gasteiger partial charge in [-0.05, 0) is 5.41 Å². The predicted octanol–water partition coefficient (Wildman–Crippen LogP) is -1.38. The van der Waals surface area contributed by atoms with E-state index >= 15 is 0 Å². The van der Waals surface area contributed by atoms with Crippen LogP contribution in [0.25, 0.3) is 5.32 Å². The molecule has 3 nitrogen and oxygen atoms in total. The molecule has 0 aromatic heterocycles. The van der Waals surface area contributed by atoms with Crippen molar-refractivity contribution in [2.45, 2.75) is 26.9 Å². The molecule has 2 N–H and O–H groups in total. The number of allylic oxidation sites excluding steroid dienone is 1. The summed E-state index contributed by atoms with van der Waals surface area (Å²) in [5.74, 6) is 0. The second-order valence-corrected chi connectivity index (χ2v) is 3.69. The number of hydrogen-bond acceptors (Lipinski definition) is 2. The molecular weight excluding hydrogens is 177 g/mol. The molecule has 0 bridgehead atoms. The Kier molecular flexibility index (Phi) is 5.21. The van der Waals surface area contributed by atoms with Crippen molar-refractivity contribution in [3.05, 3.63) is 17.1 Å². The number of rotatable bonds is 0. The largest absolute Gasteiger partial charge is 1.00 e. The summed E-state index contributed by atoms with van der Waals surface area (Å²) in [5, 5.41) is 3.90. The van der Waals surface area contributed by atoms with E-state index in [1.165, 1.54) is 6.34 Å². The average molecular weight is 191 g/mol. The van der Waals surface area contributed by atoms with Crippen molar-refractivity contribution in [1.82, 2.24) is 0 Å². The molecule has 0 saturated heterocycles. The van der Waals surface area contributed by atoms with Gasteiger partial charge in [-0.1, -0.05) is 38.9 Å². The van der Waals surface area contributed by atoms with E-state index in [4.69, 9.17) is 5.73 Å². The second kappa shape index (κ2) is 4.88. The Hall–Kier alpha value is 0.806. The van der Waals surface area contributed by atoms with Crippen LogP contribution < -0.4 is 57.1 Å². The Morgan fingerprint density at radius 1 is 1.50 bits per heavy atom. The first-order chi connectivity index (χ1) is 5.00. The number of hydrogen-bond donors (Lipinski definition) is 1. The van der Waals surface area contributed by atoms with E-state index in [9.17, 15) is 0 Å². The van der Waals surface area contributed by atoms with Crippen LogP contribution in [0.3, 0.4) is 0 Å². The van der Waals surface area contributed by atoms with E-state index in [0.717, 1.165) is 5.70 Å². The molecule has 0 aromatic carbocycles. The van der Waals surface area contributed by atoms with Crippen molar-refractivity contribution in [3.63, 3.8) is 0 Å². The molecule has 1 atom stereocenters. The number of nitrogens with zero attached hydrogens (tertiary/aromatic N) is 2. The minimum absolute atomic E-state index is 0. The maximum atomic E-state index is 5.59. The van der Waals surface area contributed by atoms with Gasteiger partial charge in [0.1, 0.15) is 0 Å². The molecule has 1 unspecified atom stereocenters. The fourth-order valence-electron chi connectivity index (χ4n) is 0.864. The standard InChI is InChI=1S/C8H14N3.K/c1-8(2,3)6-4-7(9)11-5-10-6;/h4-5,7H,9H2,1-3H3;/q-1;+1. The van der Waals surface area contributed by atoms with Crippen LogP contribution in [0.4, 0.5) is 0 Å². The third kappa shape index (κ3) is 3.68. The van der Waals surface area contributed by atoms with Crippen molar-refractivity contribution < 1.29 is 51.4 Å². The van der Waals surface area contributed by atoms with E-state index in [1.807, 2.05) is 6.08 Å². The fraction of sp³-hybridized carbons (Fsp3) is 0.625. The molecule has 0 aromatic rings. The molecule has 1 rings (SSSR count). The molecule has 62 valence electrons. The SMILES string of the molecule is CC(C)(C)C1=CC(N)[N-]C=N1.[K+]. The van der Waals surface area contributed by atoms with Gasteiger partial charge in [0.05, 0.1) is 0 Å². The summed E-state index contributed by atoms with van der Waals surface area (Å²) in [6.07, 6.45) is 3.22. The normalized spacial score (nSPS) is 22.3. The van der Waals surface area contributed by atoms with Gasteiger partial charge in [-0.15, -0.1) is 0 Å². The van der Waals surface area contributed by atoms with Gasteiger partial charge < -0.3 is 16.0 Å². The summed E-state index contributed by atoms with van der Waals surface area (Å²) in [5.41, 5.74) is 6.67. The molecule has 0 amide bonds. The van der Waals surface area contributed by atoms with Crippen LogP contribution in [0.15, 0.2) is 16.8 Å². The van der Waals surface area contributed by atoms with E-state index < -0.39 is 0 Å². The summed E-state index contributed by atoms with van der Waals surface area (Å²) in [4.78, 5) is 4.14. The van der Waals surface area contributed by atoms with Crippen molar-refractivity contribution in [1.29, 1.82) is 0 Å². The Bertz CT molecular complexity index is 203. The third-order valence-electron chi connectivity index (χ3n) is 1.53. The molecule has 0 radical (unpaired) electrons. The maximum absolute atomic E-state index is 5.59. The summed E-state index contributed by atoms with van der Waals surface area (Å²) in [7, 11) is 0. The van der Waals surface area contributed by atoms with Crippen LogP contribution in [-0.4, -0.2) is 12.5 Å². The minimum atomic E-state index is -0.207. The number of nitrogens with two attached hydrogens (primary N) is 1. The van der Waals surface area contributed by atoms with Crippen molar-refractivity contribution in [2.24, 2.45) is 16.1 Å². The smallest absolute Gasteiger partial charge is 0.453 e. The molecular formula is C8H14KN3. The number of aliphatic imine (C=N–C) groups is 1. The van der Waals surface area contributed by atoms with E-state index in [2.05, 4.69) is 31.1 Å². The molecule has 4 heteroatoms. The summed E-state index contributed by atoms with van der Waals surface area (Å²) in [6, 6.07) is 0. The molecule has 0 fully saturated rings. The Morgan fingerprint density at radius 3 is 2.42 bits per heavy atom. The zero-order chi connectivity index (χ0) is 8.48.